The number of ketones is 1. The summed E-state index contributed by atoms with van der Waals surface area (Å²) in [6.45, 7) is 6.74. The molecular weight excluding hydrogens is 335 g/mol. The van der Waals surface area contributed by atoms with Crippen LogP contribution in [-0.4, -0.2) is 18.0 Å². The minimum absolute atomic E-state index is 0.123. The first kappa shape index (κ1) is 16.6. The summed E-state index contributed by atoms with van der Waals surface area (Å²) in [5, 5.41) is 0. The van der Waals surface area contributed by atoms with E-state index in [9.17, 15) is 9.18 Å². The molecule has 0 N–H and O–H groups in total. The number of ether oxygens (including phenoxy) is 1. The monoisotopic (exact) mass is 356 g/mol. The van der Waals surface area contributed by atoms with Crippen LogP contribution in [0.1, 0.15) is 56.8 Å². The molecule has 1 fully saturated rings. The topological polar surface area (TPSA) is 26.3 Å². The quantitative estimate of drug-likeness (QED) is 0.697. The molecule has 0 aromatic heterocycles. The highest BCUT2D eigenvalue weighted by Gasteiger charge is 2.45. The predicted molar refractivity (Wildman–Crippen MR) is 85.0 cm³/mol. The third-order valence-corrected chi connectivity index (χ3v) is 4.91. The average Bonchev–Trinajstić information content (AvgIpc) is 2.44. The Morgan fingerprint density at radius 2 is 1.90 bits per heavy atom. The van der Waals surface area contributed by atoms with Crippen molar-refractivity contribution < 1.29 is 13.9 Å². The lowest BCUT2D eigenvalue weighted by Crippen LogP contribution is -2.46. The highest BCUT2D eigenvalue weighted by molar-refractivity contribution is 9.10. The van der Waals surface area contributed by atoms with Crippen LogP contribution in [0.5, 0.6) is 0 Å². The molecular formula is C17H22BrFO2. The maximum atomic E-state index is 14.0. The zero-order valence-corrected chi connectivity index (χ0v) is 14.4. The van der Waals surface area contributed by atoms with E-state index in [4.69, 9.17) is 4.74 Å². The fraction of sp³-hybridized carbons (Fsp3) is 0.588. The Morgan fingerprint density at radius 1 is 1.29 bits per heavy atom. The van der Waals surface area contributed by atoms with Crippen molar-refractivity contribution in [3.05, 3.63) is 34.1 Å². The van der Waals surface area contributed by atoms with E-state index in [1.165, 1.54) is 6.07 Å². The number of carbonyl (C=O) groups is 1. The summed E-state index contributed by atoms with van der Waals surface area (Å²) < 4.78 is 20.6. The molecule has 0 spiro atoms. The van der Waals surface area contributed by atoms with Gasteiger partial charge in [0.1, 0.15) is 11.4 Å². The molecule has 0 radical (unpaired) electrons. The maximum Gasteiger partial charge on any atom is 0.197 e. The molecule has 116 valence electrons. The van der Waals surface area contributed by atoms with E-state index in [-0.39, 0.29) is 16.8 Å². The van der Waals surface area contributed by atoms with Crippen molar-refractivity contribution in [3.63, 3.8) is 0 Å². The Kier molecular flexibility index (Phi) is 4.89. The number of benzene rings is 1. The van der Waals surface area contributed by atoms with Gasteiger partial charge in [0, 0.05) is 11.1 Å². The van der Waals surface area contributed by atoms with E-state index in [1.54, 1.807) is 12.1 Å². The van der Waals surface area contributed by atoms with Crippen molar-refractivity contribution in [2.75, 3.05) is 6.61 Å². The number of hydrogen-bond acceptors (Lipinski definition) is 2. The van der Waals surface area contributed by atoms with Gasteiger partial charge in [0.05, 0.1) is 5.56 Å². The second-order valence-electron chi connectivity index (χ2n) is 6.54. The van der Waals surface area contributed by atoms with E-state index >= 15 is 0 Å². The van der Waals surface area contributed by atoms with Gasteiger partial charge in [-0.1, -0.05) is 29.8 Å². The largest absolute Gasteiger partial charge is 0.367 e. The molecule has 0 atom stereocenters. The first-order chi connectivity index (χ1) is 9.80. The minimum atomic E-state index is -0.869. The molecule has 1 aromatic carbocycles. The lowest BCUT2D eigenvalue weighted by atomic mass is 9.68. The Balaban J connectivity index is 2.34. The molecule has 21 heavy (non-hydrogen) atoms. The lowest BCUT2D eigenvalue weighted by Gasteiger charge is -2.42. The first-order valence-corrected chi connectivity index (χ1v) is 8.23. The Labute approximate surface area is 134 Å². The van der Waals surface area contributed by atoms with Gasteiger partial charge in [0.15, 0.2) is 5.78 Å². The summed E-state index contributed by atoms with van der Waals surface area (Å²) in [7, 11) is 0. The van der Waals surface area contributed by atoms with Crippen molar-refractivity contribution in [2.45, 2.75) is 52.1 Å². The lowest BCUT2D eigenvalue weighted by molar-refractivity contribution is -0.0582. The van der Waals surface area contributed by atoms with Gasteiger partial charge >= 0.3 is 0 Å². The van der Waals surface area contributed by atoms with Gasteiger partial charge in [-0.15, -0.1) is 0 Å². The first-order valence-electron chi connectivity index (χ1n) is 7.43. The normalized spacial score (nSPS) is 20.2. The summed E-state index contributed by atoms with van der Waals surface area (Å²) in [4.78, 5) is 12.9. The summed E-state index contributed by atoms with van der Waals surface area (Å²) in [5.74, 6) is -0.703. The van der Waals surface area contributed by atoms with Crippen LogP contribution in [0.15, 0.2) is 22.7 Å². The number of Topliss-reactive ketones (excluding diaryl/α,β-unsaturated/α-hetero) is 1. The van der Waals surface area contributed by atoms with Crippen molar-refractivity contribution in [1.29, 1.82) is 0 Å². The van der Waals surface area contributed by atoms with Gasteiger partial charge in [-0.25, -0.2) is 4.39 Å². The molecule has 0 aliphatic heterocycles. The van der Waals surface area contributed by atoms with Crippen molar-refractivity contribution >= 4 is 21.7 Å². The molecule has 2 rings (SSSR count). The van der Waals surface area contributed by atoms with Crippen molar-refractivity contribution in [1.82, 2.24) is 0 Å². The molecule has 1 aromatic rings. The fourth-order valence-corrected chi connectivity index (χ4v) is 3.32. The van der Waals surface area contributed by atoms with E-state index in [2.05, 4.69) is 29.8 Å². The van der Waals surface area contributed by atoms with E-state index in [1.807, 2.05) is 6.92 Å². The van der Waals surface area contributed by atoms with Gasteiger partial charge in [0.25, 0.3) is 0 Å². The summed E-state index contributed by atoms with van der Waals surface area (Å²) >= 11 is 3.30. The zero-order valence-electron chi connectivity index (χ0n) is 12.8. The average molecular weight is 357 g/mol. The second-order valence-corrected chi connectivity index (χ2v) is 7.46. The van der Waals surface area contributed by atoms with Crippen LogP contribution in [0.25, 0.3) is 0 Å². The Morgan fingerprint density at radius 3 is 2.48 bits per heavy atom. The van der Waals surface area contributed by atoms with Crippen molar-refractivity contribution in [3.8, 4) is 0 Å². The van der Waals surface area contributed by atoms with Crippen molar-refractivity contribution in [2.24, 2.45) is 5.41 Å². The maximum absolute atomic E-state index is 14.0. The zero-order chi connectivity index (χ0) is 15.7. The molecule has 0 saturated heterocycles. The second kappa shape index (κ2) is 6.17. The molecule has 0 bridgehead atoms. The fourth-order valence-electron chi connectivity index (χ4n) is 2.96. The van der Waals surface area contributed by atoms with Crippen LogP contribution >= 0.6 is 15.9 Å². The molecule has 0 amide bonds. The number of halogens is 2. The number of carbonyl (C=O) groups excluding carboxylic acids is 1. The summed E-state index contributed by atoms with van der Waals surface area (Å²) in [5.41, 5.74) is -0.527. The molecule has 4 heteroatoms. The van der Waals surface area contributed by atoms with Gasteiger partial charge in [-0.3, -0.25) is 4.79 Å². The van der Waals surface area contributed by atoms with Crippen LogP contribution in [0.2, 0.25) is 0 Å². The molecule has 1 saturated carbocycles. The third-order valence-electron chi connectivity index (χ3n) is 4.42. The molecule has 0 unspecified atom stereocenters. The molecule has 2 nitrogen and oxygen atoms in total. The molecule has 1 aliphatic rings. The van der Waals surface area contributed by atoms with E-state index in [0.29, 0.717) is 23.9 Å². The van der Waals surface area contributed by atoms with Crippen LogP contribution in [0, 0.1) is 11.2 Å². The van der Waals surface area contributed by atoms with Gasteiger partial charge in [-0.05, 0) is 56.2 Å². The SMILES string of the molecule is CCOC1(C(=O)c2cc(Br)ccc2F)CCC(C)(C)CC1. The third kappa shape index (κ3) is 3.54. The Hall–Kier alpha value is -0.740. The summed E-state index contributed by atoms with van der Waals surface area (Å²) in [6.07, 6.45) is 3.12. The molecule has 0 heterocycles. The highest BCUT2D eigenvalue weighted by atomic mass is 79.9. The van der Waals surface area contributed by atoms with Gasteiger partial charge in [-0.2, -0.15) is 0 Å². The number of hydrogen-bond donors (Lipinski definition) is 0. The minimum Gasteiger partial charge on any atom is -0.367 e. The predicted octanol–water partition coefficient (Wildman–Crippen LogP) is 5.15. The Bertz CT molecular complexity index is 530. The van der Waals surface area contributed by atoms with Crippen LogP contribution in [0.3, 0.4) is 0 Å². The van der Waals surface area contributed by atoms with Crippen LogP contribution in [0.4, 0.5) is 4.39 Å². The van der Waals surface area contributed by atoms with Crippen LogP contribution in [-0.2, 0) is 4.74 Å². The molecule has 1 aliphatic carbocycles. The highest BCUT2D eigenvalue weighted by Crippen LogP contribution is 2.43. The van der Waals surface area contributed by atoms with E-state index < -0.39 is 11.4 Å². The number of rotatable bonds is 4. The van der Waals surface area contributed by atoms with E-state index in [0.717, 1.165) is 12.8 Å². The standard InChI is InChI=1S/C17H22BrFO2/c1-4-21-17(9-7-16(2,3)8-10-17)15(20)13-11-12(18)5-6-14(13)19/h5-6,11H,4,7-10H2,1-3H3. The summed E-state index contributed by atoms with van der Waals surface area (Å²) in [6, 6.07) is 4.48. The smallest absolute Gasteiger partial charge is 0.197 e. The van der Waals surface area contributed by atoms with Gasteiger partial charge in [0.2, 0.25) is 0 Å². The van der Waals surface area contributed by atoms with Crippen LogP contribution < -0.4 is 0 Å². The van der Waals surface area contributed by atoms with Gasteiger partial charge < -0.3 is 4.74 Å².